The van der Waals surface area contributed by atoms with E-state index in [1.54, 1.807) is 31.4 Å². The van der Waals surface area contributed by atoms with Gasteiger partial charge in [-0.25, -0.2) is 13.1 Å². The lowest BCUT2D eigenvalue weighted by Gasteiger charge is -2.28. The fourth-order valence-corrected chi connectivity index (χ4v) is 6.71. The van der Waals surface area contributed by atoms with Crippen LogP contribution < -0.4 is 19.5 Å². The van der Waals surface area contributed by atoms with Gasteiger partial charge in [-0.05, 0) is 80.3 Å². The topological polar surface area (TPSA) is 93.7 Å². The zero-order chi connectivity index (χ0) is 24.3. The summed E-state index contributed by atoms with van der Waals surface area (Å²) >= 11 is 0. The molecule has 8 heteroatoms. The molecule has 2 aromatic rings. The molecular formula is C26H32N2O5S. The Labute approximate surface area is 201 Å². The van der Waals surface area contributed by atoms with Crippen molar-refractivity contribution in [1.29, 1.82) is 0 Å². The predicted molar refractivity (Wildman–Crippen MR) is 132 cm³/mol. The van der Waals surface area contributed by atoms with Crippen LogP contribution in [0.3, 0.4) is 0 Å². The number of rotatable bonds is 9. The van der Waals surface area contributed by atoms with Crippen molar-refractivity contribution in [3.05, 3.63) is 54.1 Å². The van der Waals surface area contributed by atoms with E-state index in [2.05, 4.69) is 10.0 Å². The number of hydrogen-bond acceptors (Lipinski definition) is 5. The van der Waals surface area contributed by atoms with Crippen LogP contribution in [-0.2, 0) is 14.8 Å². The van der Waals surface area contributed by atoms with Crippen molar-refractivity contribution in [2.45, 2.75) is 43.5 Å². The van der Waals surface area contributed by atoms with Gasteiger partial charge in [-0.3, -0.25) is 4.79 Å². The highest BCUT2D eigenvalue weighted by atomic mass is 32.2. The van der Waals surface area contributed by atoms with Crippen LogP contribution in [0.25, 0.3) is 6.08 Å². The Morgan fingerprint density at radius 1 is 1.06 bits per heavy atom. The summed E-state index contributed by atoms with van der Waals surface area (Å²) in [7, 11) is -0.530. The number of ether oxygens (including phenoxy) is 2. The lowest BCUT2D eigenvalue weighted by Crippen LogP contribution is -2.40. The van der Waals surface area contributed by atoms with Gasteiger partial charge < -0.3 is 14.8 Å². The Morgan fingerprint density at radius 3 is 2.44 bits per heavy atom. The molecule has 0 radical (unpaired) electrons. The van der Waals surface area contributed by atoms with Gasteiger partial charge in [0.1, 0.15) is 0 Å². The molecule has 182 valence electrons. The maximum atomic E-state index is 12.9. The summed E-state index contributed by atoms with van der Waals surface area (Å²) in [6, 6.07) is 11.5. The van der Waals surface area contributed by atoms with Crippen LogP contribution in [0.5, 0.6) is 11.5 Å². The number of sulfonamides is 1. The number of nitrogens with one attached hydrogen (secondary N) is 2. The molecule has 0 heterocycles. The van der Waals surface area contributed by atoms with Gasteiger partial charge in [0.05, 0.1) is 19.1 Å². The number of benzene rings is 2. The van der Waals surface area contributed by atoms with Crippen molar-refractivity contribution in [3.63, 3.8) is 0 Å². The highest BCUT2D eigenvalue weighted by molar-refractivity contribution is 7.89. The minimum absolute atomic E-state index is 0.0848. The van der Waals surface area contributed by atoms with E-state index >= 15 is 0 Å². The largest absolute Gasteiger partial charge is 0.493 e. The molecule has 34 heavy (non-hydrogen) atoms. The average molecular weight is 485 g/mol. The number of carbonyl (C=O) groups excluding carboxylic acids is 1. The van der Waals surface area contributed by atoms with E-state index in [4.69, 9.17) is 9.47 Å². The van der Waals surface area contributed by atoms with E-state index in [0.717, 1.165) is 12.3 Å². The number of para-hydroxylation sites is 1. The van der Waals surface area contributed by atoms with Crippen LogP contribution in [0.15, 0.2) is 53.4 Å². The molecule has 7 nitrogen and oxygen atoms in total. The van der Waals surface area contributed by atoms with E-state index in [0.29, 0.717) is 34.6 Å². The van der Waals surface area contributed by atoms with Gasteiger partial charge in [0.2, 0.25) is 15.9 Å². The number of methoxy groups -OCH3 is 2. The molecule has 2 aliphatic carbocycles. The van der Waals surface area contributed by atoms with Crippen LogP contribution in [0.1, 0.15) is 38.2 Å². The number of anilines is 1. The lowest BCUT2D eigenvalue weighted by atomic mass is 9.84. The molecule has 0 aromatic heterocycles. The van der Waals surface area contributed by atoms with Crippen molar-refractivity contribution in [3.8, 4) is 11.5 Å². The molecule has 4 atom stereocenters. The fourth-order valence-electron chi connectivity index (χ4n) is 5.42. The summed E-state index contributed by atoms with van der Waals surface area (Å²) in [5.41, 5.74) is 1.21. The predicted octanol–water partition coefficient (Wildman–Crippen LogP) is 4.46. The highest BCUT2D eigenvalue weighted by Crippen LogP contribution is 2.49. The van der Waals surface area contributed by atoms with Crippen LogP contribution >= 0.6 is 0 Å². The Kier molecular flexibility index (Phi) is 7.28. The fraction of sp³-hybridized carbons (Fsp3) is 0.423. The van der Waals surface area contributed by atoms with Gasteiger partial charge in [0.25, 0.3) is 0 Å². The number of fused-ring (bicyclic) bond motifs is 2. The summed E-state index contributed by atoms with van der Waals surface area (Å²) in [5.74, 6) is 2.60. The van der Waals surface area contributed by atoms with Gasteiger partial charge in [0, 0.05) is 23.4 Å². The highest BCUT2D eigenvalue weighted by Gasteiger charge is 2.42. The third-order valence-electron chi connectivity index (χ3n) is 7.06. The summed E-state index contributed by atoms with van der Waals surface area (Å²) in [6.45, 7) is 1.97. The monoisotopic (exact) mass is 484 g/mol. The van der Waals surface area contributed by atoms with Crippen molar-refractivity contribution >= 4 is 27.7 Å². The van der Waals surface area contributed by atoms with E-state index < -0.39 is 10.0 Å². The van der Waals surface area contributed by atoms with Crippen molar-refractivity contribution in [2.75, 3.05) is 19.5 Å². The molecule has 2 aromatic carbocycles. The second kappa shape index (κ2) is 10.2. The summed E-state index contributed by atoms with van der Waals surface area (Å²) in [6.07, 6.45) is 7.89. The number of hydrogen-bond donors (Lipinski definition) is 2. The van der Waals surface area contributed by atoms with E-state index in [9.17, 15) is 13.2 Å². The summed E-state index contributed by atoms with van der Waals surface area (Å²) < 4.78 is 39.3. The quantitative estimate of drug-likeness (QED) is 0.513. The Hall–Kier alpha value is -2.84. The Bertz CT molecular complexity index is 1160. The second-order valence-electron chi connectivity index (χ2n) is 9.18. The van der Waals surface area contributed by atoms with Gasteiger partial charge in [-0.1, -0.05) is 18.6 Å². The summed E-state index contributed by atoms with van der Waals surface area (Å²) in [4.78, 5) is 12.6. The van der Waals surface area contributed by atoms with Crippen molar-refractivity contribution < 1.29 is 22.7 Å². The first-order chi connectivity index (χ1) is 16.3. The molecule has 0 spiro atoms. The minimum Gasteiger partial charge on any atom is -0.493 e. The molecule has 2 aliphatic rings. The third-order valence-corrected chi connectivity index (χ3v) is 8.63. The molecule has 0 saturated heterocycles. The van der Waals surface area contributed by atoms with Crippen LogP contribution in [0, 0.1) is 17.8 Å². The first-order valence-electron chi connectivity index (χ1n) is 11.6. The normalized spacial score (nSPS) is 22.6. The van der Waals surface area contributed by atoms with Gasteiger partial charge >= 0.3 is 0 Å². The van der Waals surface area contributed by atoms with Crippen molar-refractivity contribution in [2.24, 2.45) is 17.8 Å². The van der Waals surface area contributed by atoms with E-state index in [1.807, 2.05) is 19.1 Å². The van der Waals surface area contributed by atoms with E-state index in [-0.39, 0.29) is 16.8 Å². The Morgan fingerprint density at radius 2 is 1.82 bits per heavy atom. The van der Waals surface area contributed by atoms with Gasteiger partial charge in [-0.2, -0.15) is 0 Å². The zero-order valence-corrected chi connectivity index (χ0v) is 20.6. The van der Waals surface area contributed by atoms with Gasteiger partial charge in [0.15, 0.2) is 11.5 Å². The summed E-state index contributed by atoms with van der Waals surface area (Å²) in [5, 5.41) is 2.75. The van der Waals surface area contributed by atoms with Gasteiger partial charge in [-0.15, -0.1) is 0 Å². The standard InChI is InChI=1S/C26H32N2O5S/c1-17(23-16-18-7-8-20(23)15-18)28-34(30,31)22-12-10-21(11-13-22)27-25(29)14-9-19-5-4-6-24(32-2)26(19)33-3/h4-6,9-14,17-18,20,23,28H,7-8,15-16H2,1-3H3,(H,27,29)/b14-9+/t17-,18+,20+,23-/m0/s1. The molecule has 4 rings (SSSR count). The molecule has 2 N–H and O–H groups in total. The zero-order valence-electron chi connectivity index (χ0n) is 19.8. The Balaban J connectivity index is 1.37. The van der Waals surface area contributed by atoms with Crippen LogP contribution in [-0.4, -0.2) is 34.6 Å². The van der Waals surface area contributed by atoms with E-state index in [1.165, 1.54) is 44.6 Å². The maximum Gasteiger partial charge on any atom is 0.248 e. The van der Waals surface area contributed by atoms with Crippen molar-refractivity contribution in [1.82, 2.24) is 4.72 Å². The number of carbonyl (C=O) groups is 1. The number of amides is 1. The van der Waals surface area contributed by atoms with Crippen LogP contribution in [0.2, 0.25) is 0 Å². The molecule has 2 bridgehead atoms. The molecule has 0 unspecified atom stereocenters. The molecular weight excluding hydrogens is 452 g/mol. The molecule has 1 amide bonds. The maximum absolute atomic E-state index is 12.9. The lowest BCUT2D eigenvalue weighted by molar-refractivity contribution is -0.111. The van der Waals surface area contributed by atoms with Crippen LogP contribution in [0.4, 0.5) is 5.69 Å². The smallest absolute Gasteiger partial charge is 0.248 e. The SMILES string of the molecule is COc1cccc(/C=C/C(=O)Nc2ccc(S(=O)(=O)N[C@@H](C)[C@@H]3C[C@@H]4CC[C@@H]3C4)cc2)c1OC. The molecule has 0 aliphatic heterocycles. The second-order valence-corrected chi connectivity index (χ2v) is 10.9. The third kappa shape index (κ3) is 5.28. The first-order valence-corrected chi connectivity index (χ1v) is 13.1. The molecule has 2 saturated carbocycles. The average Bonchev–Trinajstić information content (AvgIpc) is 3.46. The molecule has 2 fully saturated rings. The first kappa shape index (κ1) is 24.3. The minimum atomic E-state index is -3.62.